The van der Waals surface area contributed by atoms with Crippen molar-refractivity contribution in [3.63, 3.8) is 0 Å². The Labute approximate surface area is 230 Å². The van der Waals surface area contributed by atoms with Gasteiger partial charge in [-0.15, -0.1) is 0 Å². The Hall–Kier alpha value is -2.76. The van der Waals surface area contributed by atoms with Gasteiger partial charge >= 0.3 is 0 Å². The van der Waals surface area contributed by atoms with E-state index in [0.29, 0.717) is 23.9 Å². The lowest BCUT2D eigenvalue weighted by Crippen LogP contribution is -2.66. The minimum atomic E-state index is 0.267. The van der Waals surface area contributed by atoms with Crippen LogP contribution < -0.4 is 4.74 Å². The van der Waals surface area contributed by atoms with Crippen LogP contribution in [0.25, 0.3) is 17.0 Å². The van der Waals surface area contributed by atoms with Crippen molar-refractivity contribution in [2.75, 3.05) is 26.7 Å². The van der Waals surface area contributed by atoms with E-state index in [1.807, 2.05) is 18.2 Å². The molecule has 1 amide bonds. The highest BCUT2D eigenvalue weighted by atomic mass is 35.5. The number of amides is 1. The molecule has 0 spiro atoms. The fraction of sp³-hybridized carbons (Fsp3) is 0.469. The largest absolute Gasteiger partial charge is 0.497 e. The van der Waals surface area contributed by atoms with Crippen LogP contribution in [0.3, 0.4) is 0 Å². The summed E-state index contributed by atoms with van der Waals surface area (Å²) in [7, 11) is 1.70. The summed E-state index contributed by atoms with van der Waals surface area (Å²) >= 11 is 6.12. The van der Waals surface area contributed by atoms with Crippen molar-refractivity contribution in [2.45, 2.75) is 57.2 Å². The van der Waals surface area contributed by atoms with Gasteiger partial charge in [0.1, 0.15) is 5.75 Å². The maximum absolute atomic E-state index is 14.0. The predicted molar refractivity (Wildman–Crippen MR) is 153 cm³/mol. The second-order valence-electron chi connectivity index (χ2n) is 11.7. The van der Waals surface area contributed by atoms with E-state index in [-0.39, 0.29) is 5.91 Å². The van der Waals surface area contributed by atoms with Gasteiger partial charge in [0.2, 0.25) is 5.91 Å². The molecule has 7 rings (SSSR count). The van der Waals surface area contributed by atoms with E-state index in [1.54, 1.807) is 7.11 Å². The van der Waals surface area contributed by atoms with Gasteiger partial charge in [0, 0.05) is 58.4 Å². The lowest BCUT2D eigenvalue weighted by atomic mass is 9.67. The van der Waals surface area contributed by atoms with E-state index in [4.69, 9.17) is 16.3 Å². The van der Waals surface area contributed by atoms with Crippen LogP contribution in [0.1, 0.15) is 49.7 Å². The molecule has 0 bridgehead atoms. The summed E-state index contributed by atoms with van der Waals surface area (Å²) in [5.41, 5.74) is 4.37. The second-order valence-corrected chi connectivity index (χ2v) is 12.1. The van der Waals surface area contributed by atoms with E-state index in [0.717, 1.165) is 58.7 Å². The topological polar surface area (TPSA) is 37.7 Å². The molecule has 4 fully saturated rings. The van der Waals surface area contributed by atoms with Crippen molar-refractivity contribution in [2.24, 2.45) is 11.8 Å². The summed E-state index contributed by atoms with van der Waals surface area (Å²) in [4.78, 5) is 19.0. The van der Waals surface area contributed by atoms with Gasteiger partial charge in [0.25, 0.3) is 0 Å². The van der Waals surface area contributed by atoms with Gasteiger partial charge < -0.3 is 14.2 Å². The van der Waals surface area contributed by atoms with Gasteiger partial charge in [-0.05, 0) is 105 Å². The second kappa shape index (κ2) is 9.77. The third kappa shape index (κ3) is 4.15. The molecule has 0 saturated carbocycles. The zero-order chi connectivity index (χ0) is 25.8. The number of hydrogen-bond donors (Lipinski definition) is 0. The van der Waals surface area contributed by atoms with Gasteiger partial charge in [0.15, 0.2) is 0 Å². The van der Waals surface area contributed by atoms with Gasteiger partial charge in [-0.2, -0.15) is 0 Å². The van der Waals surface area contributed by atoms with E-state index in [1.165, 1.54) is 44.3 Å². The molecule has 1 aromatic heterocycles. The Morgan fingerprint density at radius 3 is 2.68 bits per heavy atom. The molecule has 3 aromatic rings. The Morgan fingerprint density at radius 2 is 1.87 bits per heavy atom. The average molecular weight is 530 g/mol. The maximum Gasteiger partial charge on any atom is 0.250 e. The molecule has 0 N–H and O–H groups in total. The van der Waals surface area contributed by atoms with Crippen molar-refractivity contribution < 1.29 is 9.53 Å². The number of benzene rings is 2. The number of methoxy groups -OCH3 is 1. The first kappa shape index (κ1) is 24.3. The molecule has 5 nitrogen and oxygen atoms in total. The predicted octanol–water partition coefficient (Wildman–Crippen LogP) is 6.23. The van der Waals surface area contributed by atoms with Crippen LogP contribution in [-0.4, -0.2) is 59.1 Å². The van der Waals surface area contributed by atoms with Crippen LogP contribution >= 0.6 is 11.6 Å². The third-order valence-corrected chi connectivity index (χ3v) is 9.88. The monoisotopic (exact) mass is 529 g/mol. The number of carbonyl (C=O) groups excluding carboxylic acids is 1. The van der Waals surface area contributed by atoms with Crippen molar-refractivity contribution in [1.82, 2.24) is 14.4 Å². The number of hydrogen-bond acceptors (Lipinski definition) is 3. The molecular weight excluding hydrogens is 494 g/mol. The van der Waals surface area contributed by atoms with Gasteiger partial charge in [-0.1, -0.05) is 23.7 Å². The minimum Gasteiger partial charge on any atom is -0.497 e. The van der Waals surface area contributed by atoms with E-state index >= 15 is 0 Å². The minimum absolute atomic E-state index is 0.267. The summed E-state index contributed by atoms with van der Waals surface area (Å²) in [5.74, 6) is 2.39. The summed E-state index contributed by atoms with van der Waals surface area (Å²) in [5, 5.41) is 1.86. The smallest absolute Gasteiger partial charge is 0.250 e. The van der Waals surface area contributed by atoms with Crippen LogP contribution in [0.2, 0.25) is 5.02 Å². The van der Waals surface area contributed by atoms with Gasteiger partial charge in [0.05, 0.1) is 7.11 Å². The summed E-state index contributed by atoms with van der Waals surface area (Å²) in [6.45, 7) is 4.19. The molecule has 198 valence electrons. The molecule has 0 radical (unpaired) electrons. The SMILES string of the molecule is COc1ccc2c(c1)c(/C=C1\CC[C@@H]3[C@H]4CCCN5CCC[C@@H](CN3C1=O)[C@@H]45)cn2Cc1ccc(Cl)cc1. The standard InChI is InChI=1S/C32H36ClN3O2/c1-38-26-11-13-29-28(17-26)24(19-35(29)18-21-6-9-25(33)10-7-21)16-22-8-12-30-27-5-3-15-34-14-2-4-23(31(27)34)20-36(30)32(22)37/h6-7,9-11,13,16-17,19,23,27,30-31H,2-5,8,12,14-15,18,20H2,1H3/b22-16+/t23-,27+,30+,31-/m0/s1. The number of nitrogens with zero attached hydrogens (tertiary/aromatic N) is 3. The van der Waals surface area contributed by atoms with E-state index < -0.39 is 0 Å². The number of halogens is 1. The lowest BCUT2D eigenvalue weighted by Gasteiger charge is -2.58. The molecule has 4 aliphatic heterocycles. The number of ether oxygens (including phenoxy) is 1. The first-order valence-electron chi connectivity index (χ1n) is 14.3. The van der Waals surface area contributed by atoms with Crippen LogP contribution in [0.4, 0.5) is 0 Å². The Morgan fingerprint density at radius 1 is 1.05 bits per heavy atom. The zero-order valence-electron chi connectivity index (χ0n) is 22.1. The summed E-state index contributed by atoms with van der Waals surface area (Å²) < 4.78 is 7.83. The van der Waals surface area contributed by atoms with E-state index in [2.05, 4.69) is 50.9 Å². The quantitative estimate of drug-likeness (QED) is 0.376. The first-order valence-corrected chi connectivity index (χ1v) is 14.6. The normalized spacial score (nSPS) is 28.4. The van der Waals surface area contributed by atoms with E-state index in [9.17, 15) is 4.79 Å². The fourth-order valence-electron chi connectivity index (χ4n) is 7.98. The molecule has 5 heterocycles. The molecule has 38 heavy (non-hydrogen) atoms. The van der Waals surface area contributed by atoms with Crippen LogP contribution in [-0.2, 0) is 11.3 Å². The molecule has 4 atom stereocenters. The molecule has 6 heteroatoms. The van der Waals surface area contributed by atoms with Crippen LogP contribution in [0, 0.1) is 11.8 Å². The molecule has 0 unspecified atom stereocenters. The zero-order valence-corrected chi connectivity index (χ0v) is 22.9. The van der Waals surface area contributed by atoms with Gasteiger partial charge in [-0.3, -0.25) is 9.69 Å². The highest BCUT2D eigenvalue weighted by molar-refractivity contribution is 6.30. The van der Waals surface area contributed by atoms with Crippen molar-refractivity contribution in [3.8, 4) is 5.75 Å². The van der Waals surface area contributed by atoms with Crippen LogP contribution in [0.5, 0.6) is 5.75 Å². The van der Waals surface area contributed by atoms with Crippen molar-refractivity contribution in [3.05, 3.63) is 70.4 Å². The first-order chi connectivity index (χ1) is 18.6. The number of aromatic nitrogens is 1. The Kier molecular flexibility index (Phi) is 6.24. The summed E-state index contributed by atoms with van der Waals surface area (Å²) in [6, 6.07) is 15.4. The number of fused-ring (bicyclic) bond motifs is 3. The lowest BCUT2D eigenvalue weighted by molar-refractivity contribution is -0.145. The molecule has 0 aliphatic carbocycles. The highest BCUT2D eigenvalue weighted by Crippen LogP contribution is 2.45. The summed E-state index contributed by atoms with van der Waals surface area (Å²) in [6.07, 6.45) is 11.4. The van der Waals surface area contributed by atoms with Crippen LogP contribution in [0.15, 0.2) is 54.2 Å². The average Bonchev–Trinajstić information content (AvgIpc) is 3.28. The maximum atomic E-state index is 14.0. The molecular formula is C32H36ClN3O2. The van der Waals surface area contributed by atoms with Crippen molar-refractivity contribution >= 4 is 34.5 Å². The molecule has 4 aliphatic rings. The fourth-order valence-corrected chi connectivity index (χ4v) is 8.10. The number of carbonyl (C=O) groups is 1. The number of rotatable bonds is 4. The molecule has 4 saturated heterocycles. The Bertz CT molecular complexity index is 1390. The highest BCUT2D eigenvalue weighted by Gasteiger charge is 2.51. The van der Waals surface area contributed by atoms with Crippen molar-refractivity contribution in [1.29, 1.82) is 0 Å². The molecule has 2 aromatic carbocycles. The van der Waals surface area contributed by atoms with Gasteiger partial charge in [-0.25, -0.2) is 0 Å². The number of piperidine rings is 4. The third-order valence-electron chi connectivity index (χ3n) is 9.63. The Balaban J connectivity index is 1.22.